The molecule has 1 saturated carbocycles. The molecule has 170 valence electrons. The quantitative estimate of drug-likeness (QED) is 0.331. The van der Waals surface area contributed by atoms with Gasteiger partial charge in [0.25, 0.3) is 0 Å². The van der Waals surface area contributed by atoms with E-state index in [1.165, 1.54) is 44.9 Å². The third-order valence-corrected chi connectivity index (χ3v) is 8.80. The molecule has 31 heavy (non-hydrogen) atoms. The number of nitrogens with zero attached hydrogens (tertiary/aromatic N) is 2. The summed E-state index contributed by atoms with van der Waals surface area (Å²) in [5.74, 6) is 3.15. The molecule has 2 aliphatic heterocycles. The van der Waals surface area contributed by atoms with Crippen molar-refractivity contribution < 1.29 is 64.7 Å². The molecule has 3 aliphatic rings. The number of piperidine rings is 1. The zero-order chi connectivity index (χ0) is 21.4. The van der Waals surface area contributed by atoms with Crippen LogP contribution < -0.4 is 56.1 Å². The third-order valence-electron chi connectivity index (χ3n) is 6.45. The predicted octanol–water partition coefficient (Wildman–Crippen LogP) is 2.00. The van der Waals surface area contributed by atoms with Crippen molar-refractivity contribution in [3.63, 3.8) is 0 Å². The van der Waals surface area contributed by atoms with E-state index in [1.807, 2.05) is 12.3 Å². The van der Waals surface area contributed by atoms with Crippen molar-refractivity contribution in [2.75, 3.05) is 43.9 Å². The molecule has 0 bridgehead atoms. The molecule has 0 aromatic carbocycles. The maximum Gasteiger partial charge on any atom is 1.00 e. The van der Waals surface area contributed by atoms with Crippen LogP contribution >= 0.6 is 20.8 Å². The summed E-state index contributed by atoms with van der Waals surface area (Å²) in [7, 11) is 1.69. The Morgan fingerprint density at radius 3 is 2.48 bits per heavy atom. The third kappa shape index (κ3) is 8.81. The number of halogens is 2. The van der Waals surface area contributed by atoms with Crippen LogP contribution in [0.4, 0.5) is 4.39 Å². The smallest absolute Gasteiger partial charge is 0.491 e. The Morgan fingerprint density at radius 1 is 1.29 bits per heavy atom. The second kappa shape index (κ2) is 14.7. The number of likely N-dealkylation sites (tertiary alicyclic amines) is 1. The van der Waals surface area contributed by atoms with Gasteiger partial charge in [0, 0.05) is 40.8 Å². The molecule has 9 heteroatoms. The number of rotatable bonds is 6. The van der Waals surface area contributed by atoms with Crippen LogP contribution in [-0.4, -0.2) is 58.0 Å². The summed E-state index contributed by atoms with van der Waals surface area (Å²) < 4.78 is 27.9. The van der Waals surface area contributed by atoms with E-state index in [-0.39, 0.29) is 51.4 Å². The van der Waals surface area contributed by atoms with Gasteiger partial charge in [-0.1, -0.05) is 30.9 Å². The van der Waals surface area contributed by atoms with E-state index in [9.17, 15) is 8.60 Å². The van der Waals surface area contributed by atoms with Crippen molar-refractivity contribution in [2.45, 2.75) is 50.9 Å². The van der Waals surface area contributed by atoms with Gasteiger partial charge >= 0.3 is 51.4 Å². The normalized spacial score (nSPS) is 21.5. The van der Waals surface area contributed by atoms with Gasteiger partial charge in [-0.2, -0.15) is 15.9 Å². The van der Waals surface area contributed by atoms with E-state index in [0.717, 1.165) is 47.6 Å². The Morgan fingerprint density at radius 2 is 1.94 bits per heavy atom. The Bertz CT molecular complexity index is 692. The topological polar surface area (TPSA) is 42.4 Å². The van der Waals surface area contributed by atoms with Gasteiger partial charge < -0.3 is 9.13 Å². The van der Waals surface area contributed by atoms with E-state index < -0.39 is 10.8 Å². The molecule has 0 radical (unpaired) electrons. The molecule has 3 fully saturated rings. The average Bonchev–Trinajstić information content (AvgIpc) is 2.75. The molecule has 1 aliphatic carbocycles. The Balaban J connectivity index is 0.000000631. The predicted molar refractivity (Wildman–Crippen MR) is 127 cm³/mol. The average molecular weight is 515 g/mol. The molecule has 1 aromatic heterocycles. The van der Waals surface area contributed by atoms with Gasteiger partial charge in [0.1, 0.15) is 12.4 Å². The Labute approximate surface area is 239 Å². The number of ether oxygens (including phenoxy) is 1. The van der Waals surface area contributed by atoms with E-state index in [0.29, 0.717) is 30.8 Å². The maximum atomic E-state index is 11.4. The van der Waals surface area contributed by atoms with Crippen LogP contribution in [0.3, 0.4) is 0 Å². The van der Waals surface area contributed by atoms with Crippen LogP contribution in [-0.2, 0) is 10.8 Å². The molecule has 0 amide bonds. The monoisotopic (exact) mass is 514 g/mol. The van der Waals surface area contributed by atoms with E-state index >= 15 is 0 Å². The summed E-state index contributed by atoms with van der Waals surface area (Å²) in [5.41, 5.74) is 1.45. The summed E-state index contributed by atoms with van der Waals surface area (Å²) in [4.78, 5) is 7.07. The summed E-state index contributed by atoms with van der Waals surface area (Å²) in [6.07, 6.45) is 11.0. The molecule has 3 heterocycles. The Kier molecular flexibility index (Phi) is 13.5. The van der Waals surface area contributed by atoms with Crippen molar-refractivity contribution >= 4 is 31.6 Å². The van der Waals surface area contributed by atoms with Crippen molar-refractivity contribution in [1.29, 1.82) is 0 Å². The van der Waals surface area contributed by atoms with Crippen molar-refractivity contribution in [2.24, 2.45) is 5.41 Å². The zero-order valence-electron chi connectivity index (χ0n) is 18.7. The number of hydrogen-bond donors (Lipinski definition) is 0. The fourth-order valence-corrected chi connectivity index (χ4v) is 6.83. The first-order valence-corrected chi connectivity index (χ1v) is 13.7. The first-order chi connectivity index (χ1) is 14.5. The van der Waals surface area contributed by atoms with Crippen molar-refractivity contribution in [1.82, 2.24) is 9.88 Å². The van der Waals surface area contributed by atoms with Crippen LogP contribution in [0.5, 0.6) is 5.75 Å². The first kappa shape index (κ1) is 28.6. The zero-order valence-corrected chi connectivity index (χ0v) is 24.5. The maximum absolute atomic E-state index is 11.4. The minimum Gasteiger partial charge on any atom is -0.491 e. The largest absolute Gasteiger partial charge is 1.00 e. The molecule has 4 rings (SSSR count). The van der Waals surface area contributed by atoms with Gasteiger partial charge in [-0.05, 0) is 44.2 Å². The van der Waals surface area contributed by atoms with E-state index in [2.05, 4.69) is 19.1 Å². The van der Waals surface area contributed by atoms with Crippen molar-refractivity contribution in [3.05, 3.63) is 29.7 Å². The van der Waals surface area contributed by atoms with Gasteiger partial charge in [-0.25, -0.2) is 0 Å². The molecule has 1 spiro atoms. The van der Waals surface area contributed by atoms with Gasteiger partial charge in [0.15, 0.2) is 0 Å². The summed E-state index contributed by atoms with van der Waals surface area (Å²) in [6.45, 7) is 4.38. The number of aromatic nitrogens is 1. The number of hydrogen-bond acceptors (Lipinski definition) is 4. The first-order valence-electron chi connectivity index (χ1n) is 11.0. The minimum absolute atomic E-state index is 0. The fraction of sp³-hybridized carbons (Fsp3) is 0.727. The molecular weight excluding hydrogens is 481 g/mol. The molecule has 2 saturated heterocycles. The van der Waals surface area contributed by atoms with Crippen LogP contribution in [0.25, 0.3) is 0 Å². The van der Waals surface area contributed by atoms with Crippen LogP contribution in [0, 0.1) is 12.1 Å². The van der Waals surface area contributed by atoms with Crippen LogP contribution in [0.2, 0.25) is 5.02 Å². The molecule has 4 nitrogen and oxygen atoms in total. The minimum atomic E-state index is -0.540. The van der Waals surface area contributed by atoms with E-state index in [1.54, 1.807) is 0 Å². The van der Waals surface area contributed by atoms with E-state index in [4.69, 9.17) is 16.3 Å². The van der Waals surface area contributed by atoms with Gasteiger partial charge in [-0.3, -0.25) is 14.1 Å². The second-order valence-corrected chi connectivity index (χ2v) is 11.0. The summed E-state index contributed by atoms with van der Waals surface area (Å²) in [5, 5.41) is 0.757. The molecule has 1 atom stereocenters. The van der Waals surface area contributed by atoms with Crippen LogP contribution in [0.15, 0.2) is 12.3 Å². The van der Waals surface area contributed by atoms with Crippen LogP contribution in [0.1, 0.15) is 56.6 Å². The fourth-order valence-electron chi connectivity index (χ4n) is 4.66. The molecule has 1 unspecified atom stereocenters. The van der Waals surface area contributed by atoms with Gasteiger partial charge in [0.2, 0.25) is 0 Å². The molecule has 1 aromatic rings. The summed E-state index contributed by atoms with van der Waals surface area (Å²) in [6, 6.07) is 1.94. The standard InChI is InChI=1S/C20H29ClN2O2S.C2H5FP.K/c21-18-12-17(13-22-19(18)16-4-2-1-3-5-16)25-11-10-23-8-6-20(7-9-23)14-26(24)15-20;3-1-2-4;/h12-13,16H,1-11,14-15H2;1H,2,4H2;/q;-1;+1. The molecular formula is C22H34ClFKN2O2PS. The molecule has 0 N–H and O–H groups in total. The van der Waals surface area contributed by atoms with Crippen molar-refractivity contribution in [3.8, 4) is 5.75 Å². The number of pyridine rings is 1. The Hall–Kier alpha value is 1.35. The summed E-state index contributed by atoms with van der Waals surface area (Å²) >= 11 is 6.48. The van der Waals surface area contributed by atoms with Gasteiger partial charge in [0.05, 0.1) is 16.9 Å². The second-order valence-electron chi connectivity index (χ2n) is 8.68. The SMILES string of the molecule is F[CH-]CP.O=S1CC2(CCN(CCOc3cnc(C4CCCCC4)c(Cl)c3)CC2)C1.[K+]. The van der Waals surface area contributed by atoms with Gasteiger partial charge in [-0.15, -0.1) is 6.16 Å².